The summed E-state index contributed by atoms with van der Waals surface area (Å²) in [7, 11) is 1.78. The van der Waals surface area contributed by atoms with E-state index in [0.29, 0.717) is 61.1 Å². The summed E-state index contributed by atoms with van der Waals surface area (Å²) in [6.07, 6.45) is 32.9. The molecule has 2 N–H and O–H groups in total. The van der Waals surface area contributed by atoms with Crippen LogP contribution in [-0.2, 0) is 47.9 Å². The second-order valence-electron chi connectivity index (χ2n) is 34.9. The predicted molar refractivity (Wildman–Crippen MR) is 437 cm³/mol. The maximum atomic E-state index is 13.3. The second-order valence-corrected chi connectivity index (χ2v) is 34.9. The third-order valence-electron chi connectivity index (χ3n) is 24.7. The minimum Gasteiger partial charge on any atom is -0.485 e. The molecule has 6 fully saturated rings. The Morgan fingerprint density at radius 2 is 0.876 bits per heavy atom. The van der Waals surface area contributed by atoms with Gasteiger partial charge in [-0.05, 0) is 150 Å². The summed E-state index contributed by atoms with van der Waals surface area (Å²) >= 11 is 0. The highest BCUT2D eigenvalue weighted by atomic mass is 16.5. The van der Waals surface area contributed by atoms with Crippen LogP contribution in [0.1, 0.15) is 284 Å². The molecule has 113 heavy (non-hydrogen) atoms. The van der Waals surface area contributed by atoms with Crippen molar-refractivity contribution in [3.8, 4) is 5.75 Å². The number of likely N-dealkylation sites (tertiary alicyclic amines) is 2. The van der Waals surface area contributed by atoms with Crippen LogP contribution in [0.3, 0.4) is 0 Å². The average molecular weight is 1560 g/mol. The van der Waals surface area contributed by atoms with Crippen LogP contribution in [-0.4, -0.2) is 156 Å². The number of hydrogen-bond acceptors (Lipinski definition) is 18. The van der Waals surface area contributed by atoms with Crippen LogP contribution in [0.2, 0.25) is 0 Å². The lowest BCUT2D eigenvalue weighted by molar-refractivity contribution is -0.142. The molecule has 4 amide bonds. The molecule has 2 aromatic carbocycles. The van der Waals surface area contributed by atoms with Crippen molar-refractivity contribution in [2.75, 3.05) is 25.1 Å². The SMILES string of the molecule is CCC[C@H](CC(=O)[C@@H]1C[C@@H]2CCCC[C@@H]2N1C(C)=O)C(=O)C(=O)CN(C)c1ccccc1.CCC[C@H](CC(=O)[C@@H]1C[C@@H]2CCCC[C@@H]2N1C(C)=O)C(=O)C(=O)COc1ccccc1.C[C@@H](NC(=O)[C@@H](CC(=O)c1cnccn1)C1CCCCC1)C(C)(C)C.C[C@@H](NC(=O)[C@@H](CC(=O)c1cnccn1)C1CCCCC1)C(C)(C)C. The fraction of sp³-hybridized carbons (Fsp3) is 0.648. The van der Waals surface area contributed by atoms with Crippen LogP contribution >= 0.6 is 0 Å². The molecule has 618 valence electrons. The first kappa shape index (κ1) is 91.6. The van der Waals surface area contributed by atoms with E-state index in [0.717, 1.165) is 115 Å². The number of nitrogens with zero attached hydrogens (tertiary/aromatic N) is 7. The average Bonchev–Trinajstić information content (AvgIpc) is 1.65. The Balaban J connectivity index is 0.000000210. The molecule has 0 radical (unpaired) electrons. The smallest absolute Gasteiger partial charge is 0.235 e. The van der Waals surface area contributed by atoms with Gasteiger partial charge in [-0.25, -0.2) is 9.97 Å². The lowest BCUT2D eigenvalue weighted by Gasteiger charge is -2.33. The normalized spacial score (nSPS) is 21.2. The Kier molecular flexibility index (Phi) is 36.4. The van der Waals surface area contributed by atoms with Crippen molar-refractivity contribution in [1.29, 1.82) is 0 Å². The fourth-order valence-corrected chi connectivity index (χ4v) is 17.4. The van der Waals surface area contributed by atoms with Crippen molar-refractivity contribution in [1.82, 2.24) is 40.4 Å². The standard InChI is InChI=1S/C26H36N2O4.C25H33NO5.2C20H31N3O2/c1-4-10-20(26(32)25(31)17-27(3)21-12-6-5-7-13-21)16-24(30)23-15-19-11-8-9-14-22(19)28(23)18(2)29;1-3-9-19(25(30)24(29)16-31-20-11-5-4-6-12-20)15-23(28)22-14-18-10-7-8-13-21(18)26(22)17(2)27;2*1-14(20(2,3)4)23-19(25)16(15-8-6-5-7-9-15)12-18(24)17-13-21-10-11-22-17/h5-7,12-13,19-20,22-23H,4,8-11,14-17H2,1-3H3;4-6,11-12,18-19,21-22H,3,7-10,13-16H2,1-2H3;2*10-11,13-16H,5-9,12H2,1-4H3,(H,23,25)/t19-,20+,22-,23-;18-,19+,21-,22-;2*14-,16+/m0011/s1. The quantitative estimate of drug-likeness (QED) is 0.0339. The zero-order chi connectivity index (χ0) is 82.5. The molecule has 12 atom stereocenters. The molecule has 4 aromatic rings. The molecule has 4 aliphatic carbocycles. The van der Waals surface area contributed by atoms with Gasteiger partial charge < -0.3 is 30.1 Å². The van der Waals surface area contributed by atoms with E-state index in [1.54, 1.807) is 58.4 Å². The number of nitrogens with one attached hydrogen (secondary N) is 2. The van der Waals surface area contributed by atoms with Crippen LogP contribution in [0.15, 0.2) is 97.8 Å². The van der Waals surface area contributed by atoms with Gasteiger partial charge in [0.2, 0.25) is 46.8 Å². The van der Waals surface area contributed by atoms with E-state index in [1.807, 2.05) is 64.1 Å². The summed E-state index contributed by atoms with van der Waals surface area (Å²) in [6.45, 7) is 23.3. The lowest BCUT2D eigenvalue weighted by atomic mass is 9.76. The molecular formula is C91H131N9O13. The molecule has 10 rings (SSSR count). The number of benzene rings is 2. The van der Waals surface area contributed by atoms with Crippen molar-refractivity contribution in [2.24, 2.45) is 58.2 Å². The molecule has 22 nitrogen and oxygen atoms in total. The van der Waals surface area contributed by atoms with Gasteiger partial charge in [-0.2, -0.15) is 0 Å². The van der Waals surface area contributed by atoms with E-state index < -0.39 is 47.1 Å². The molecular weight excluding hydrogens is 1430 g/mol. The van der Waals surface area contributed by atoms with Gasteiger partial charge in [0.25, 0.3) is 0 Å². The number of rotatable bonds is 32. The number of carbonyl (C=O) groups is 12. The molecule has 0 spiro atoms. The van der Waals surface area contributed by atoms with Gasteiger partial charge in [-0.1, -0.05) is 169 Å². The lowest BCUT2D eigenvalue weighted by Crippen LogP contribution is -2.46. The highest BCUT2D eigenvalue weighted by Crippen LogP contribution is 2.43. The maximum Gasteiger partial charge on any atom is 0.235 e. The van der Waals surface area contributed by atoms with Crippen LogP contribution in [0, 0.1) is 58.2 Å². The third kappa shape index (κ3) is 27.6. The predicted octanol–water partition coefficient (Wildman–Crippen LogP) is 15.2. The highest BCUT2D eigenvalue weighted by Gasteiger charge is 2.49. The minimum atomic E-state index is -0.652. The number of para-hydroxylation sites is 2. The number of amides is 4. The minimum absolute atomic E-state index is 0.00608. The van der Waals surface area contributed by atoms with E-state index in [4.69, 9.17) is 4.74 Å². The maximum absolute atomic E-state index is 13.3. The molecule has 2 aromatic heterocycles. The summed E-state index contributed by atoms with van der Waals surface area (Å²) in [6, 6.07) is 17.8. The van der Waals surface area contributed by atoms with Crippen molar-refractivity contribution in [3.63, 3.8) is 0 Å². The molecule has 22 heteroatoms. The topological polar surface area (TPSA) is 299 Å². The fourth-order valence-electron chi connectivity index (χ4n) is 17.4. The van der Waals surface area contributed by atoms with Crippen LogP contribution in [0.25, 0.3) is 0 Å². The number of hydrogen-bond donors (Lipinski definition) is 2. The van der Waals surface area contributed by atoms with E-state index >= 15 is 0 Å². The molecule has 0 unspecified atom stereocenters. The molecule has 2 saturated heterocycles. The van der Waals surface area contributed by atoms with E-state index in [-0.39, 0.29) is 144 Å². The van der Waals surface area contributed by atoms with Gasteiger partial charge >= 0.3 is 0 Å². The Morgan fingerprint density at radius 3 is 1.25 bits per heavy atom. The number of Topliss-reactive ketones (excluding diaryl/α,β-unsaturated/α-hetero) is 8. The van der Waals surface area contributed by atoms with Gasteiger partial charge in [0.15, 0.2) is 29.7 Å². The van der Waals surface area contributed by atoms with Crippen molar-refractivity contribution in [3.05, 3.63) is 109 Å². The third-order valence-corrected chi connectivity index (χ3v) is 24.7. The molecule has 4 saturated carbocycles. The zero-order valence-electron chi connectivity index (χ0n) is 70.0. The number of ketones is 8. The van der Waals surface area contributed by atoms with E-state index in [1.165, 1.54) is 51.5 Å². The molecule has 2 aliphatic heterocycles. The van der Waals surface area contributed by atoms with Crippen molar-refractivity contribution >= 4 is 75.6 Å². The number of carbonyl (C=O) groups excluding carboxylic acids is 12. The van der Waals surface area contributed by atoms with Crippen LogP contribution in [0.4, 0.5) is 5.69 Å². The van der Waals surface area contributed by atoms with Crippen molar-refractivity contribution < 1.29 is 62.3 Å². The molecule has 0 bridgehead atoms. The molecule has 6 aliphatic rings. The largest absolute Gasteiger partial charge is 0.485 e. The van der Waals surface area contributed by atoms with Gasteiger partial charge in [-0.3, -0.25) is 67.5 Å². The van der Waals surface area contributed by atoms with Crippen LogP contribution < -0.4 is 20.3 Å². The Hall–Kier alpha value is -8.56. The first-order valence-corrected chi connectivity index (χ1v) is 42.2. The first-order valence-electron chi connectivity index (χ1n) is 42.2. The van der Waals surface area contributed by atoms with Gasteiger partial charge in [0.1, 0.15) is 17.1 Å². The molecule has 4 heterocycles. The summed E-state index contributed by atoms with van der Waals surface area (Å²) in [5, 5.41) is 6.29. The monoisotopic (exact) mass is 1560 g/mol. The Labute approximate surface area is 672 Å². The zero-order valence-corrected chi connectivity index (χ0v) is 70.0. The second kappa shape index (κ2) is 44.9. The van der Waals surface area contributed by atoms with E-state index in [9.17, 15) is 57.5 Å². The van der Waals surface area contributed by atoms with Gasteiger partial charge in [0.05, 0.1) is 31.0 Å². The number of fused-ring (bicyclic) bond motifs is 2. The van der Waals surface area contributed by atoms with Crippen molar-refractivity contribution in [2.45, 2.75) is 299 Å². The highest BCUT2D eigenvalue weighted by molar-refractivity contribution is 6.39. The summed E-state index contributed by atoms with van der Waals surface area (Å²) in [4.78, 5) is 175. The Morgan fingerprint density at radius 1 is 0.496 bits per heavy atom. The summed E-state index contributed by atoms with van der Waals surface area (Å²) < 4.78 is 5.43. The summed E-state index contributed by atoms with van der Waals surface area (Å²) in [5.74, 6) is -2.54. The summed E-state index contributed by atoms with van der Waals surface area (Å²) in [5.41, 5.74) is 1.53. The van der Waals surface area contributed by atoms with E-state index in [2.05, 4.69) is 72.1 Å². The first-order chi connectivity index (χ1) is 53.8. The Bertz CT molecular complexity index is 3650. The number of aromatic nitrogens is 4. The van der Waals surface area contributed by atoms with Gasteiger partial charge in [-0.15, -0.1) is 0 Å². The van der Waals surface area contributed by atoms with Crippen LogP contribution in [0.5, 0.6) is 5.75 Å². The van der Waals surface area contributed by atoms with Gasteiger partial charge in [0, 0.05) is 125 Å². The number of likely N-dealkylation sites (N-methyl/N-ethyl adjacent to an activating group) is 1. The number of anilines is 1. The number of ether oxygens (including phenoxy) is 1.